The number of aliphatic hydroxyl groups is 1. The lowest BCUT2D eigenvalue weighted by Crippen LogP contribution is -2.51. The van der Waals surface area contributed by atoms with Crippen LogP contribution in [0.25, 0.3) is 0 Å². The Balaban J connectivity index is 1.35. The highest BCUT2D eigenvalue weighted by Crippen LogP contribution is 2.66. The third-order valence-electron chi connectivity index (χ3n) is 9.81. The summed E-state index contributed by atoms with van der Waals surface area (Å²) in [5.41, 5.74) is 2.69. The zero-order chi connectivity index (χ0) is 22.5. The summed E-state index contributed by atoms with van der Waals surface area (Å²) in [5, 5.41) is 10.2. The second-order valence-electron chi connectivity index (χ2n) is 11.2. The van der Waals surface area contributed by atoms with Crippen LogP contribution in [0.15, 0.2) is 35.9 Å². The van der Waals surface area contributed by atoms with Gasteiger partial charge in [0.1, 0.15) is 5.75 Å². The van der Waals surface area contributed by atoms with Crippen molar-refractivity contribution in [3.05, 3.63) is 41.5 Å². The number of fused-ring (bicyclic) bond motifs is 5. The molecule has 0 heterocycles. The number of allylic oxidation sites excluding steroid dienone is 1. The van der Waals surface area contributed by atoms with Gasteiger partial charge < -0.3 is 9.84 Å². The van der Waals surface area contributed by atoms with Gasteiger partial charge >= 0.3 is 0 Å². The van der Waals surface area contributed by atoms with E-state index in [2.05, 4.69) is 31.8 Å². The molecular formula is C29H36O3. The molecule has 32 heavy (non-hydrogen) atoms. The highest BCUT2D eigenvalue weighted by molar-refractivity contribution is 5.98. The number of aliphatic hydroxyl groups excluding tert-OH is 1. The van der Waals surface area contributed by atoms with E-state index in [1.54, 1.807) is 7.11 Å². The standard InChI is InChI=1S/C29H36O3/c1-28-16-14-21(30)18-20(28)7-10-23-24-11-12-26(29(24,2)17-15-25(23)28)27(31)13-6-19-4-8-22(32-3)9-5-19/h4-5,7-9,21,23-26,30H,10-12,14-18H2,1-3H3/t21-,23-,24-,25-,26+,28-,29-/m0/s1. The molecule has 3 nitrogen and oxygen atoms in total. The van der Waals surface area contributed by atoms with Gasteiger partial charge in [-0.3, -0.25) is 4.79 Å². The number of ketones is 1. The topological polar surface area (TPSA) is 46.5 Å². The molecule has 3 heteroatoms. The zero-order valence-electron chi connectivity index (χ0n) is 19.7. The summed E-state index contributed by atoms with van der Waals surface area (Å²) in [6, 6.07) is 7.60. The van der Waals surface area contributed by atoms with E-state index in [9.17, 15) is 9.90 Å². The van der Waals surface area contributed by atoms with Crippen LogP contribution in [0, 0.1) is 46.3 Å². The molecule has 0 radical (unpaired) electrons. The lowest BCUT2D eigenvalue weighted by Gasteiger charge is -2.57. The Morgan fingerprint density at radius 3 is 2.59 bits per heavy atom. The van der Waals surface area contributed by atoms with Gasteiger partial charge in [-0.25, -0.2) is 0 Å². The molecule has 0 unspecified atom stereocenters. The second-order valence-corrected chi connectivity index (χ2v) is 11.2. The van der Waals surface area contributed by atoms with E-state index in [4.69, 9.17) is 4.74 Å². The molecule has 0 aromatic heterocycles. The first-order valence-electron chi connectivity index (χ1n) is 12.4. The molecule has 0 aliphatic heterocycles. The maximum Gasteiger partial charge on any atom is 0.209 e. The summed E-state index contributed by atoms with van der Waals surface area (Å²) < 4.78 is 5.21. The molecule has 3 saturated carbocycles. The third kappa shape index (κ3) is 3.43. The molecule has 170 valence electrons. The summed E-state index contributed by atoms with van der Waals surface area (Å²) in [5.74, 6) is 9.07. The number of Topliss-reactive ketones (excluding diaryl/α,β-unsaturated/α-hetero) is 1. The largest absolute Gasteiger partial charge is 0.497 e. The number of benzene rings is 1. The Morgan fingerprint density at radius 2 is 1.84 bits per heavy atom. The van der Waals surface area contributed by atoms with Crippen molar-refractivity contribution >= 4 is 5.78 Å². The lowest BCUT2D eigenvalue weighted by atomic mass is 9.47. The maximum absolute atomic E-state index is 13.3. The van der Waals surface area contributed by atoms with Gasteiger partial charge in [0.25, 0.3) is 0 Å². The van der Waals surface area contributed by atoms with Crippen LogP contribution < -0.4 is 4.74 Å². The van der Waals surface area contributed by atoms with Gasteiger partial charge in [0.15, 0.2) is 0 Å². The van der Waals surface area contributed by atoms with E-state index in [1.165, 1.54) is 12.0 Å². The lowest BCUT2D eigenvalue weighted by molar-refractivity contribution is -0.124. The minimum atomic E-state index is -0.155. The van der Waals surface area contributed by atoms with Crippen LogP contribution in [0.2, 0.25) is 0 Å². The first-order valence-corrected chi connectivity index (χ1v) is 12.4. The monoisotopic (exact) mass is 432 g/mol. The second kappa shape index (κ2) is 8.07. The molecule has 5 rings (SSSR count). The molecule has 3 fully saturated rings. The fraction of sp³-hybridized carbons (Fsp3) is 0.621. The SMILES string of the molecule is COc1ccc(C#CC(=O)[C@H]2CC[C@H]3[C@@H]4CC=C5C[C@@H](O)CC[C@]5(C)[C@H]4CC[C@]23C)cc1. The summed E-state index contributed by atoms with van der Waals surface area (Å²) >= 11 is 0. The average Bonchev–Trinajstić information content (AvgIpc) is 3.15. The number of rotatable bonds is 2. The van der Waals surface area contributed by atoms with Crippen LogP contribution in [0.5, 0.6) is 5.75 Å². The van der Waals surface area contributed by atoms with Crippen LogP contribution in [-0.2, 0) is 4.79 Å². The number of hydrogen-bond acceptors (Lipinski definition) is 3. The molecule has 0 saturated heterocycles. The third-order valence-corrected chi connectivity index (χ3v) is 9.81. The molecule has 4 aliphatic rings. The van der Waals surface area contributed by atoms with Gasteiger partial charge in [-0.2, -0.15) is 0 Å². The number of methoxy groups -OCH3 is 1. The number of ether oxygens (including phenoxy) is 1. The van der Waals surface area contributed by atoms with E-state index < -0.39 is 0 Å². The van der Waals surface area contributed by atoms with Gasteiger partial charge in [-0.05, 0) is 110 Å². The van der Waals surface area contributed by atoms with Crippen molar-refractivity contribution in [2.45, 2.75) is 71.3 Å². The van der Waals surface area contributed by atoms with Crippen molar-refractivity contribution in [1.82, 2.24) is 0 Å². The molecular weight excluding hydrogens is 396 g/mol. The van der Waals surface area contributed by atoms with Crippen molar-refractivity contribution in [2.24, 2.45) is 34.5 Å². The van der Waals surface area contributed by atoms with Crippen LogP contribution in [0.1, 0.15) is 70.8 Å². The van der Waals surface area contributed by atoms with Crippen molar-refractivity contribution in [2.75, 3.05) is 7.11 Å². The Kier molecular flexibility index (Phi) is 5.49. The Hall–Kier alpha value is -2.05. The number of carbonyl (C=O) groups excluding carboxylic acids is 1. The molecule has 1 N–H and O–H groups in total. The molecule has 7 atom stereocenters. The smallest absolute Gasteiger partial charge is 0.209 e. The van der Waals surface area contributed by atoms with E-state index >= 15 is 0 Å². The van der Waals surface area contributed by atoms with Crippen molar-refractivity contribution < 1.29 is 14.6 Å². The highest BCUT2D eigenvalue weighted by Gasteiger charge is 2.59. The van der Waals surface area contributed by atoms with E-state index in [0.717, 1.165) is 56.3 Å². The average molecular weight is 433 g/mol. The quantitative estimate of drug-likeness (QED) is 0.492. The van der Waals surface area contributed by atoms with Crippen molar-refractivity contribution in [3.8, 4) is 17.6 Å². The molecule has 0 amide bonds. The fourth-order valence-electron chi connectivity index (χ4n) is 7.97. The molecule has 0 spiro atoms. The van der Waals surface area contributed by atoms with Gasteiger partial charge in [0.05, 0.1) is 13.2 Å². The number of carbonyl (C=O) groups is 1. The zero-order valence-corrected chi connectivity index (χ0v) is 19.7. The highest BCUT2D eigenvalue weighted by atomic mass is 16.5. The maximum atomic E-state index is 13.3. The molecule has 0 bridgehead atoms. The summed E-state index contributed by atoms with van der Waals surface area (Å²) in [4.78, 5) is 13.3. The predicted molar refractivity (Wildman–Crippen MR) is 126 cm³/mol. The first kappa shape index (κ1) is 21.8. The summed E-state index contributed by atoms with van der Waals surface area (Å²) in [6.45, 7) is 4.84. The Bertz CT molecular complexity index is 980. The van der Waals surface area contributed by atoms with Crippen LogP contribution in [-0.4, -0.2) is 24.1 Å². The van der Waals surface area contributed by atoms with E-state index in [-0.39, 0.29) is 28.6 Å². The van der Waals surface area contributed by atoms with Crippen molar-refractivity contribution in [3.63, 3.8) is 0 Å². The molecule has 1 aromatic rings. The molecule has 1 aromatic carbocycles. The van der Waals surface area contributed by atoms with E-state index in [1.807, 2.05) is 24.3 Å². The van der Waals surface area contributed by atoms with Crippen LogP contribution in [0.4, 0.5) is 0 Å². The fourth-order valence-corrected chi connectivity index (χ4v) is 7.97. The Morgan fingerprint density at radius 1 is 1.06 bits per heavy atom. The first-order chi connectivity index (χ1) is 15.3. The van der Waals surface area contributed by atoms with Gasteiger partial charge in [0, 0.05) is 11.5 Å². The normalized spacial score (nSPS) is 40.1. The molecule has 4 aliphatic carbocycles. The van der Waals surface area contributed by atoms with Crippen LogP contribution in [0.3, 0.4) is 0 Å². The van der Waals surface area contributed by atoms with E-state index in [0.29, 0.717) is 17.8 Å². The van der Waals surface area contributed by atoms with Crippen LogP contribution >= 0.6 is 0 Å². The minimum absolute atomic E-state index is 0.0607. The van der Waals surface area contributed by atoms with Gasteiger partial charge in [-0.1, -0.05) is 31.4 Å². The predicted octanol–water partition coefficient (Wildman–Crippen LogP) is 5.56. The van der Waals surface area contributed by atoms with Crippen molar-refractivity contribution in [1.29, 1.82) is 0 Å². The minimum Gasteiger partial charge on any atom is -0.497 e. The van der Waals surface area contributed by atoms with Gasteiger partial charge in [-0.15, -0.1) is 0 Å². The summed E-state index contributed by atoms with van der Waals surface area (Å²) in [6.07, 6.45) is 10.8. The number of hydrogen-bond donors (Lipinski definition) is 1. The van der Waals surface area contributed by atoms with Gasteiger partial charge in [0.2, 0.25) is 5.78 Å². The summed E-state index contributed by atoms with van der Waals surface area (Å²) in [7, 11) is 1.65. The Labute approximate surface area is 192 Å².